The predicted octanol–water partition coefficient (Wildman–Crippen LogP) is 3.22. The van der Waals surface area contributed by atoms with E-state index in [9.17, 15) is 13.2 Å². The Morgan fingerprint density at radius 2 is 1.62 bits per heavy atom. The molecule has 0 amide bonds. The molecule has 2 rings (SSSR count). The van der Waals surface area contributed by atoms with Crippen LogP contribution in [-0.4, -0.2) is 0 Å². The van der Waals surface area contributed by atoms with Gasteiger partial charge in [0.15, 0.2) is 11.6 Å². The number of rotatable bonds is 1. The molecule has 1 saturated carbocycles. The molecule has 0 aliphatic heterocycles. The van der Waals surface area contributed by atoms with Crippen molar-refractivity contribution in [3.05, 3.63) is 35.1 Å². The third kappa shape index (κ3) is 1.94. The molecule has 1 aromatic carbocycles. The largest absolute Gasteiger partial charge is 0.321 e. The van der Waals surface area contributed by atoms with Gasteiger partial charge in [-0.05, 0) is 18.9 Å². The summed E-state index contributed by atoms with van der Waals surface area (Å²) in [6, 6.07) is 1.56. The Labute approximate surface area is 92.5 Å². The van der Waals surface area contributed by atoms with Crippen molar-refractivity contribution >= 4 is 0 Å². The van der Waals surface area contributed by atoms with Gasteiger partial charge in [-0.1, -0.05) is 19.3 Å². The van der Waals surface area contributed by atoms with Crippen LogP contribution in [0.1, 0.15) is 37.7 Å². The zero-order chi connectivity index (χ0) is 11.8. The maximum Gasteiger partial charge on any atom is 0.164 e. The molecule has 0 heterocycles. The molecule has 1 aromatic rings. The lowest BCUT2D eigenvalue weighted by atomic mass is 9.77. The zero-order valence-electron chi connectivity index (χ0n) is 8.90. The second-order valence-corrected chi connectivity index (χ2v) is 4.47. The fraction of sp³-hybridized carbons (Fsp3) is 0.500. The van der Waals surface area contributed by atoms with Crippen molar-refractivity contribution < 1.29 is 13.2 Å². The van der Waals surface area contributed by atoms with Gasteiger partial charge >= 0.3 is 0 Å². The highest BCUT2D eigenvalue weighted by Crippen LogP contribution is 2.36. The van der Waals surface area contributed by atoms with Gasteiger partial charge in [-0.3, -0.25) is 0 Å². The summed E-state index contributed by atoms with van der Waals surface area (Å²) in [5, 5.41) is 0. The van der Waals surface area contributed by atoms with E-state index >= 15 is 0 Å². The minimum atomic E-state index is -1.16. The van der Waals surface area contributed by atoms with Crippen molar-refractivity contribution in [3.8, 4) is 0 Å². The number of nitrogens with two attached hydrogens (primary N) is 1. The minimum Gasteiger partial charge on any atom is -0.321 e. The summed E-state index contributed by atoms with van der Waals surface area (Å²) in [6.07, 6.45) is 3.93. The molecule has 0 saturated heterocycles. The second kappa shape index (κ2) is 4.09. The van der Waals surface area contributed by atoms with Crippen LogP contribution >= 0.6 is 0 Å². The fourth-order valence-electron chi connectivity index (χ4n) is 2.37. The molecular weight excluding hydrogens is 215 g/mol. The average Bonchev–Trinajstić information content (AvgIpc) is 2.24. The van der Waals surface area contributed by atoms with Crippen LogP contribution in [0.15, 0.2) is 12.1 Å². The Hall–Kier alpha value is -1.03. The van der Waals surface area contributed by atoms with Crippen molar-refractivity contribution in [2.24, 2.45) is 5.73 Å². The van der Waals surface area contributed by atoms with E-state index in [1.165, 1.54) is 0 Å². The van der Waals surface area contributed by atoms with E-state index < -0.39 is 23.0 Å². The van der Waals surface area contributed by atoms with Crippen LogP contribution in [-0.2, 0) is 5.54 Å². The van der Waals surface area contributed by atoms with Gasteiger partial charge in [-0.25, -0.2) is 13.2 Å². The highest BCUT2D eigenvalue weighted by Gasteiger charge is 2.33. The molecule has 1 aliphatic rings. The lowest BCUT2D eigenvalue weighted by Gasteiger charge is -2.34. The summed E-state index contributed by atoms with van der Waals surface area (Å²) in [5.41, 5.74) is 5.11. The monoisotopic (exact) mass is 229 g/mol. The van der Waals surface area contributed by atoms with Crippen molar-refractivity contribution in [2.45, 2.75) is 37.6 Å². The predicted molar refractivity (Wildman–Crippen MR) is 55.3 cm³/mol. The van der Waals surface area contributed by atoms with E-state index in [4.69, 9.17) is 5.73 Å². The number of hydrogen-bond acceptors (Lipinski definition) is 1. The highest BCUT2D eigenvalue weighted by molar-refractivity contribution is 5.28. The molecule has 0 atom stereocenters. The highest BCUT2D eigenvalue weighted by atomic mass is 19.2. The summed E-state index contributed by atoms with van der Waals surface area (Å²) in [5.74, 6) is -2.94. The fourth-order valence-corrected chi connectivity index (χ4v) is 2.37. The third-order valence-corrected chi connectivity index (χ3v) is 3.28. The van der Waals surface area contributed by atoms with Crippen LogP contribution < -0.4 is 5.73 Å². The average molecular weight is 229 g/mol. The number of hydrogen-bond donors (Lipinski definition) is 1. The van der Waals surface area contributed by atoms with Gasteiger partial charge < -0.3 is 5.73 Å². The molecule has 1 fully saturated rings. The molecule has 0 unspecified atom stereocenters. The Balaban J connectivity index is 2.45. The topological polar surface area (TPSA) is 26.0 Å². The van der Waals surface area contributed by atoms with Gasteiger partial charge in [0.25, 0.3) is 0 Å². The first-order valence-electron chi connectivity index (χ1n) is 5.47. The Bertz CT molecular complexity index is 397. The first-order valence-corrected chi connectivity index (χ1v) is 5.47. The first-order chi connectivity index (χ1) is 7.53. The van der Waals surface area contributed by atoms with Gasteiger partial charge in [0.1, 0.15) is 5.82 Å². The summed E-state index contributed by atoms with van der Waals surface area (Å²) in [6.45, 7) is 0. The van der Waals surface area contributed by atoms with E-state index in [0.29, 0.717) is 18.9 Å². The third-order valence-electron chi connectivity index (χ3n) is 3.28. The van der Waals surface area contributed by atoms with Gasteiger partial charge in [-0.15, -0.1) is 0 Å². The molecule has 2 N–H and O–H groups in total. The van der Waals surface area contributed by atoms with E-state index in [2.05, 4.69) is 0 Å². The van der Waals surface area contributed by atoms with E-state index in [-0.39, 0.29) is 5.56 Å². The summed E-state index contributed by atoms with van der Waals surface area (Å²) >= 11 is 0. The van der Waals surface area contributed by atoms with Crippen LogP contribution in [0.4, 0.5) is 13.2 Å². The van der Waals surface area contributed by atoms with E-state index in [1.807, 2.05) is 0 Å². The molecule has 1 aliphatic carbocycles. The van der Waals surface area contributed by atoms with Gasteiger partial charge in [0.2, 0.25) is 0 Å². The molecule has 4 heteroatoms. The maximum atomic E-state index is 13.6. The maximum absolute atomic E-state index is 13.6. The van der Waals surface area contributed by atoms with E-state index in [0.717, 1.165) is 25.3 Å². The molecule has 0 spiro atoms. The van der Waals surface area contributed by atoms with E-state index in [1.54, 1.807) is 0 Å². The second-order valence-electron chi connectivity index (χ2n) is 4.47. The SMILES string of the molecule is NC1(c2cc(F)cc(F)c2F)CCCCC1. The van der Waals surface area contributed by atoms with Crippen LogP contribution in [0, 0.1) is 17.5 Å². The summed E-state index contributed by atoms with van der Waals surface area (Å²) in [7, 11) is 0. The van der Waals surface area contributed by atoms with Gasteiger partial charge in [0.05, 0.1) is 0 Å². The molecular formula is C12H14F3N. The summed E-state index contributed by atoms with van der Waals surface area (Å²) in [4.78, 5) is 0. The number of benzene rings is 1. The van der Waals surface area contributed by atoms with Crippen LogP contribution in [0.2, 0.25) is 0 Å². The molecule has 0 bridgehead atoms. The van der Waals surface area contributed by atoms with Crippen molar-refractivity contribution in [1.29, 1.82) is 0 Å². The Kier molecular flexibility index (Phi) is 2.93. The van der Waals surface area contributed by atoms with Crippen molar-refractivity contribution in [3.63, 3.8) is 0 Å². The minimum absolute atomic E-state index is 0.0234. The Morgan fingerprint density at radius 1 is 1.00 bits per heavy atom. The molecule has 1 nitrogen and oxygen atoms in total. The van der Waals surface area contributed by atoms with Crippen molar-refractivity contribution in [1.82, 2.24) is 0 Å². The molecule has 0 aromatic heterocycles. The van der Waals surface area contributed by atoms with Crippen LogP contribution in [0.5, 0.6) is 0 Å². The van der Waals surface area contributed by atoms with Crippen LogP contribution in [0.3, 0.4) is 0 Å². The lowest BCUT2D eigenvalue weighted by molar-refractivity contribution is 0.287. The quantitative estimate of drug-likeness (QED) is 0.735. The lowest BCUT2D eigenvalue weighted by Crippen LogP contribution is -2.39. The first kappa shape index (κ1) is 11.5. The van der Waals surface area contributed by atoms with Gasteiger partial charge in [-0.2, -0.15) is 0 Å². The zero-order valence-corrected chi connectivity index (χ0v) is 8.90. The molecule has 88 valence electrons. The standard InChI is InChI=1S/C12H14F3N/c13-8-6-9(11(15)10(14)7-8)12(16)4-2-1-3-5-12/h6-7H,1-5,16H2. The smallest absolute Gasteiger partial charge is 0.164 e. The normalized spacial score (nSPS) is 19.8. The Morgan fingerprint density at radius 3 is 2.25 bits per heavy atom. The van der Waals surface area contributed by atoms with Gasteiger partial charge in [0, 0.05) is 17.2 Å². The molecule has 16 heavy (non-hydrogen) atoms. The van der Waals surface area contributed by atoms with Crippen molar-refractivity contribution in [2.75, 3.05) is 0 Å². The summed E-state index contributed by atoms with van der Waals surface area (Å²) < 4.78 is 39.8. The van der Waals surface area contributed by atoms with Crippen LogP contribution in [0.25, 0.3) is 0 Å². The molecule has 0 radical (unpaired) electrons. The number of halogens is 3.